The minimum Gasteiger partial charge on any atom is -0.495 e. The number of aliphatic hydroxyl groups is 1. The molecule has 0 fully saturated rings. The normalized spacial score (nSPS) is 17.4. The van der Waals surface area contributed by atoms with Gasteiger partial charge in [-0.3, -0.25) is 0 Å². The van der Waals surface area contributed by atoms with Crippen molar-refractivity contribution in [2.24, 2.45) is 0 Å². The van der Waals surface area contributed by atoms with E-state index in [2.05, 4.69) is 0 Å². The van der Waals surface area contributed by atoms with E-state index in [9.17, 15) is 5.11 Å². The van der Waals surface area contributed by atoms with Crippen LogP contribution in [0.3, 0.4) is 0 Å². The first-order chi connectivity index (χ1) is 13.0. The highest BCUT2D eigenvalue weighted by molar-refractivity contribution is 5.89. The second-order valence-corrected chi connectivity index (χ2v) is 6.33. The van der Waals surface area contributed by atoms with E-state index in [-0.39, 0.29) is 0 Å². The number of anilines is 1. The Morgan fingerprint density at radius 2 is 1.67 bits per heavy atom. The molecule has 0 spiro atoms. The highest BCUT2D eigenvalue weighted by atomic mass is 16.5. The van der Waals surface area contributed by atoms with Crippen molar-refractivity contribution in [2.75, 3.05) is 34.2 Å². The summed E-state index contributed by atoms with van der Waals surface area (Å²) in [7, 11) is 6.35. The first-order valence-electron chi connectivity index (χ1n) is 8.69. The van der Waals surface area contributed by atoms with Crippen molar-refractivity contribution in [3.05, 3.63) is 41.0 Å². The van der Waals surface area contributed by atoms with Crippen LogP contribution in [0.25, 0.3) is 11.6 Å². The fraction of sp³-hybridized carbons (Fsp3) is 0.333. The number of nitrogen functional groups attached to an aromatic ring is 1. The number of hydrogen-bond donors (Lipinski definition) is 2. The Kier molecular flexibility index (Phi) is 5.46. The predicted molar refractivity (Wildman–Crippen MR) is 106 cm³/mol. The number of rotatable bonds is 5. The van der Waals surface area contributed by atoms with Crippen LogP contribution in [0.1, 0.15) is 23.1 Å². The van der Waals surface area contributed by atoms with Gasteiger partial charge in [-0.05, 0) is 53.8 Å². The van der Waals surface area contributed by atoms with Crippen molar-refractivity contribution in [2.45, 2.75) is 18.9 Å². The van der Waals surface area contributed by atoms with E-state index in [1.165, 1.54) is 0 Å². The zero-order chi connectivity index (χ0) is 19.6. The number of methoxy groups -OCH3 is 4. The predicted octanol–water partition coefficient (Wildman–Crippen LogP) is 3.15. The van der Waals surface area contributed by atoms with Crippen LogP contribution in [0.2, 0.25) is 0 Å². The monoisotopic (exact) mass is 371 g/mol. The molecule has 6 heteroatoms. The molecule has 0 radical (unpaired) electrons. The molecule has 1 aliphatic rings. The van der Waals surface area contributed by atoms with Gasteiger partial charge in [0.2, 0.25) is 5.75 Å². The maximum atomic E-state index is 10.7. The van der Waals surface area contributed by atoms with E-state index in [1.807, 2.05) is 30.3 Å². The van der Waals surface area contributed by atoms with E-state index < -0.39 is 6.10 Å². The molecule has 6 nitrogen and oxygen atoms in total. The molecule has 0 unspecified atom stereocenters. The average molecular weight is 371 g/mol. The van der Waals surface area contributed by atoms with Crippen LogP contribution < -0.4 is 24.7 Å². The molecule has 0 saturated heterocycles. The van der Waals surface area contributed by atoms with Crippen LogP contribution in [-0.4, -0.2) is 39.6 Å². The fourth-order valence-corrected chi connectivity index (χ4v) is 3.53. The quantitative estimate of drug-likeness (QED) is 0.786. The molecule has 0 saturated carbocycles. The Morgan fingerprint density at radius 3 is 2.26 bits per heavy atom. The average Bonchev–Trinajstić information content (AvgIpc) is 2.68. The van der Waals surface area contributed by atoms with Crippen LogP contribution in [0, 0.1) is 0 Å². The molecule has 27 heavy (non-hydrogen) atoms. The Balaban J connectivity index is 2.18. The molecule has 1 aliphatic carbocycles. The van der Waals surface area contributed by atoms with E-state index in [0.717, 1.165) is 22.3 Å². The molecule has 0 aromatic heterocycles. The number of hydrogen-bond acceptors (Lipinski definition) is 6. The molecule has 1 atom stereocenters. The highest BCUT2D eigenvalue weighted by Gasteiger charge is 2.29. The summed E-state index contributed by atoms with van der Waals surface area (Å²) in [5.74, 6) is 2.37. The third kappa shape index (κ3) is 3.40. The van der Waals surface area contributed by atoms with Gasteiger partial charge in [0.05, 0.1) is 40.2 Å². The van der Waals surface area contributed by atoms with Crippen molar-refractivity contribution in [3.63, 3.8) is 0 Å². The highest BCUT2D eigenvalue weighted by Crippen LogP contribution is 2.47. The first kappa shape index (κ1) is 18.9. The van der Waals surface area contributed by atoms with Gasteiger partial charge in [0.25, 0.3) is 0 Å². The largest absolute Gasteiger partial charge is 0.495 e. The first-order valence-corrected chi connectivity index (χ1v) is 8.69. The van der Waals surface area contributed by atoms with Crippen molar-refractivity contribution in [3.8, 4) is 23.0 Å². The standard InChI is InChI=1S/C21H25NO5/c1-24-18-8-5-12(10-16(18)22)9-15-14-11-19(25-2)21(27-4)20(26-3)13(14)6-7-17(15)23/h5,8-11,17,23H,6-7,22H2,1-4H3/b15-9+/t17-/m0/s1. The number of benzene rings is 2. The molecular weight excluding hydrogens is 346 g/mol. The van der Waals surface area contributed by atoms with Gasteiger partial charge in [-0.2, -0.15) is 0 Å². The summed E-state index contributed by atoms with van der Waals surface area (Å²) in [5.41, 5.74) is 10.1. The van der Waals surface area contributed by atoms with Crippen LogP contribution >= 0.6 is 0 Å². The Labute approximate surface area is 159 Å². The zero-order valence-corrected chi connectivity index (χ0v) is 16.0. The Hall–Kier alpha value is -2.86. The van der Waals surface area contributed by atoms with Gasteiger partial charge in [0, 0.05) is 5.56 Å². The van der Waals surface area contributed by atoms with E-state index in [4.69, 9.17) is 24.7 Å². The lowest BCUT2D eigenvalue weighted by Crippen LogP contribution is -2.19. The molecule has 3 rings (SSSR count). The van der Waals surface area contributed by atoms with Gasteiger partial charge in [-0.1, -0.05) is 6.07 Å². The molecule has 0 amide bonds. The fourth-order valence-electron chi connectivity index (χ4n) is 3.53. The molecule has 144 valence electrons. The Morgan fingerprint density at radius 1 is 0.963 bits per heavy atom. The lowest BCUT2D eigenvalue weighted by atomic mass is 9.83. The number of aliphatic hydroxyl groups excluding tert-OH is 1. The second kappa shape index (κ2) is 7.80. The lowest BCUT2D eigenvalue weighted by molar-refractivity contribution is 0.217. The SMILES string of the molecule is COc1ccc(/C=C2\c3cc(OC)c(OC)c(OC)c3CC[C@@H]2O)cc1N. The summed E-state index contributed by atoms with van der Waals surface area (Å²) in [5, 5.41) is 10.7. The summed E-state index contributed by atoms with van der Waals surface area (Å²) < 4.78 is 21.8. The third-order valence-corrected chi connectivity index (χ3v) is 4.85. The van der Waals surface area contributed by atoms with E-state index >= 15 is 0 Å². The maximum absolute atomic E-state index is 10.7. The molecule has 2 aromatic carbocycles. The number of ether oxygens (including phenoxy) is 4. The van der Waals surface area contributed by atoms with Gasteiger partial charge in [0.1, 0.15) is 5.75 Å². The zero-order valence-electron chi connectivity index (χ0n) is 16.0. The van der Waals surface area contributed by atoms with Crippen LogP contribution in [0.5, 0.6) is 23.0 Å². The summed E-state index contributed by atoms with van der Waals surface area (Å²) in [6, 6.07) is 7.43. The molecule has 2 aromatic rings. The summed E-state index contributed by atoms with van der Waals surface area (Å²) >= 11 is 0. The third-order valence-electron chi connectivity index (χ3n) is 4.85. The molecular formula is C21H25NO5. The number of fused-ring (bicyclic) bond motifs is 1. The van der Waals surface area contributed by atoms with Gasteiger partial charge in [-0.15, -0.1) is 0 Å². The Bertz CT molecular complexity index is 875. The topological polar surface area (TPSA) is 83.2 Å². The summed E-state index contributed by atoms with van der Waals surface area (Å²) in [6.45, 7) is 0. The van der Waals surface area contributed by atoms with Crippen molar-refractivity contribution >= 4 is 17.3 Å². The van der Waals surface area contributed by atoms with Gasteiger partial charge in [0.15, 0.2) is 11.5 Å². The number of nitrogens with two attached hydrogens (primary N) is 1. The van der Waals surface area contributed by atoms with Crippen LogP contribution in [0.15, 0.2) is 24.3 Å². The van der Waals surface area contributed by atoms with Crippen molar-refractivity contribution < 1.29 is 24.1 Å². The van der Waals surface area contributed by atoms with Crippen LogP contribution in [0.4, 0.5) is 5.69 Å². The maximum Gasteiger partial charge on any atom is 0.203 e. The summed E-state index contributed by atoms with van der Waals surface area (Å²) in [4.78, 5) is 0. The van der Waals surface area contributed by atoms with E-state index in [0.29, 0.717) is 41.5 Å². The van der Waals surface area contributed by atoms with Crippen molar-refractivity contribution in [1.82, 2.24) is 0 Å². The summed E-state index contributed by atoms with van der Waals surface area (Å²) in [6.07, 6.45) is 2.62. The van der Waals surface area contributed by atoms with Crippen molar-refractivity contribution in [1.29, 1.82) is 0 Å². The minimum atomic E-state index is -0.594. The molecule has 3 N–H and O–H groups in total. The molecule has 0 heterocycles. The van der Waals surface area contributed by atoms with Crippen LogP contribution in [-0.2, 0) is 6.42 Å². The van der Waals surface area contributed by atoms with Gasteiger partial charge >= 0.3 is 0 Å². The molecule has 0 aliphatic heterocycles. The molecule has 0 bridgehead atoms. The second-order valence-electron chi connectivity index (χ2n) is 6.33. The van der Waals surface area contributed by atoms with Gasteiger partial charge in [-0.25, -0.2) is 0 Å². The van der Waals surface area contributed by atoms with E-state index in [1.54, 1.807) is 28.4 Å². The van der Waals surface area contributed by atoms with Gasteiger partial charge < -0.3 is 29.8 Å². The lowest BCUT2D eigenvalue weighted by Gasteiger charge is -2.28. The minimum absolute atomic E-state index is 0.544. The smallest absolute Gasteiger partial charge is 0.203 e.